The predicted octanol–water partition coefficient (Wildman–Crippen LogP) is 1.72. The fourth-order valence-electron chi connectivity index (χ4n) is 1.00. The van der Waals surface area contributed by atoms with Gasteiger partial charge in [-0.15, -0.1) is 0 Å². The Kier molecular flexibility index (Phi) is 9.76. The monoisotopic (exact) mass is 332 g/mol. The van der Waals surface area contributed by atoms with Crippen molar-refractivity contribution >= 4 is 21.3 Å². The van der Waals surface area contributed by atoms with Crippen LogP contribution in [-0.4, -0.2) is 27.7 Å². The van der Waals surface area contributed by atoms with Crippen molar-refractivity contribution in [2.75, 3.05) is 13.2 Å². The second kappa shape index (κ2) is 9.55. The molecule has 0 aliphatic rings. The third-order valence-corrected chi connectivity index (χ3v) is 2.66. The predicted molar refractivity (Wildman–Crippen MR) is 66.7 cm³/mol. The zero-order chi connectivity index (χ0) is 11.7. The largest absolute Gasteiger partial charge is 0.762 e. The van der Waals surface area contributed by atoms with Crippen molar-refractivity contribution in [2.24, 2.45) is 9.23 Å². The zero-order valence-corrected chi connectivity index (χ0v) is 11.5. The second-order valence-electron chi connectivity index (χ2n) is 3.45. The van der Waals surface area contributed by atoms with Crippen LogP contribution in [0.4, 0.5) is 0 Å². The van der Waals surface area contributed by atoms with E-state index in [0.717, 1.165) is 6.42 Å². The van der Waals surface area contributed by atoms with Crippen LogP contribution in [0, 0.1) is 11.1 Å². The van der Waals surface area contributed by atoms with E-state index in [1.807, 2.05) is 20.8 Å². The molecule has 6 nitrogen and oxygen atoms in total. The Morgan fingerprint density at radius 2 is 2.27 bits per heavy atom. The van der Waals surface area contributed by atoms with Gasteiger partial charge in [0.25, 0.3) is 0 Å². The number of rotatable bonds is 8. The summed E-state index contributed by atoms with van der Waals surface area (Å²) in [6.07, 6.45) is 0.758. The molecule has 0 saturated carbocycles. The van der Waals surface area contributed by atoms with E-state index >= 15 is 0 Å². The molecule has 15 heavy (non-hydrogen) atoms. The van der Waals surface area contributed by atoms with Crippen molar-refractivity contribution in [3.8, 4) is 0 Å². The van der Waals surface area contributed by atoms with E-state index in [9.17, 15) is 5.21 Å². The molecule has 92 valence electrons. The van der Waals surface area contributed by atoms with Crippen molar-refractivity contribution in [3.05, 3.63) is 5.21 Å². The lowest BCUT2D eigenvalue weighted by Crippen LogP contribution is -2.39. The smallest absolute Gasteiger partial charge is 0.120 e. The van der Waals surface area contributed by atoms with E-state index in [2.05, 4.69) is 8.73 Å². The third-order valence-electron chi connectivity index (χ3n) is 1.54. The second-order valence-corrected chi connectivity index (χ2v) is 5.15. The lowest BCUT2D eigenvalue weighted by Gasteiger charge is -2.28. The Labute approximate surface area is 101 Å². The van der Waals surface area contributed by atoms with Gasteiger partial charge in [0, 0.05) is 6.04 Å². The van der Waals surface area contributed by atoms with E-state index in [1.54, 1.807) is 0 Å². The summed E-state index contributed by atoms with van der Waals surface area (Å²) in [4.78, 5) is 4.73. The number of hydrogen-bond donors (Lipinski definition) is 2. The van der Waals surface area contributed by atoms with Gasteiger partial charge in [-0.05, 0) is 19.3 Å². The number of aliphatic hydroxyl groups excluding tert-OH is 1. The summed E-state index contributed by atoms with van der Waals surface area (Å²) < 4.78 is 4.31. The highest BCUT2D eigenvalue weighted by Crippen LogP contribution is 2.10. The summed E-state index contributed by atoms with van der Waals surface area (Å²) in [5.74, 6) is 0.435. The lowest BCUT2D eigenvalue weighted by atomic mass is 10.1. The summed E-state index contributed by atoms with van der Waals surface area (Å²) in [7, 11) is 0. The number of nitrogens with zero attached hydrogens (tertiary/aromatic N) is 2. The van der Waals surface area contributed by atoms with Crippen LogP contribution in [0.15, 0.2) is 3.31 Å². The summed E-state index contributed by atoms with van der Waals surface area (Å²) in [5, 5.41) is 20.3. The Hall–Kier alpha value is 0.330. The first-order valence-electron chi connectivity index (χ1n) is 4.91. The quantitative estimate of drug-likeness (QED) is 0.402. The first-order valence-corrected chi connectivity index (χ1v) is 6.84. The molecule has 2 N–H and O–H groups in total. The van der Waals surface area contributed by atoms with Gasteiger partial charge in [-0.3, -0.25) is 5.43 Å². The fraction of sp³-hybridized carbons (Fsp3) is 1.00. The van der Waals surface area contributed by atoms with Gasteiger partial charge in [0.2, 0.25) is 0 Å². The highest BCUT2D eigenvalue weighted by Gasteiger charge is 2.08. The molecule has 0 unspecified atom stereocenters. The SMILES string of the molecule is CCON=IN([O-])N[C@H](CO)CC(C)C. The molecule has 0 bridgehead atoms. The maximum Gasteiger partial charge on any atom is 0.120 e. The summed E-state index contributed by atoms with van der Waals surface area (Å²) in [6, 6.07) is -0.195. The Morgan fingerprint density at radius 1 is 1.60 bits per heavy atom. The van der Waals surface area contributed by atoms with E-state index < -0.39 is 21.3 Å². The minimum absolute atomic E-state index is 0.0463. The van der Waals surface area contributed by atoms with Crippen LogP contribution in [0.1, 0.15) is 27.2 Å². The van der Waals surface area contributed by atoms with Gasteiger partial charge in [-0.25, -0.2) is 8.22 Å². The van der Waals surface area contributed by atoms with Crippen molar-refractivity contribution in [1.29, 1.82) is 0 Å². The van der Waals surface area contributed by atoms with Gasteiger partial charge >= 0.3 is 0 Å². The highest BCUT2D eigenvalue weighted by molar-refractivity contribution is 14.1. The molecule has 0 aliphatic carbocycles. The van der Waals surface area contributed by atoms with Gasteiger partial charge < -0.3 is 10.3 Å². The van der Waals surface area contributed by atoms with Crippen molar-refractivity contribution in [2.45, 2.75) is 33.2 Å². The molecule has 0 heterocycles. The van der Waals surface area contributed by atoms with Crippen LogP contribution in [0.25, 0.3) is 0 Å². The molecule has 0 spiro atoms. The number of hydrogen-bond acceptors (Lipinski definition) is 5. The van der Waals surface area contributed by atoms with Crippen molar-refractivity contribution < 1.29 is 9.94 Å². The molecule has 0 fully saturated rings. The molecule has 0 aromatic carbocycles. The Bertz CT molecular complexity index is 181. The van der Waals surface area contributed by atoms with Crippen LogP contribution in [0.5, 0.6) is 0 Å². The molecule has 0 aromatic rings. The fourth-order valence-corrected chi connectivity index (χ4v) is 2.08. The van der Waals surface area contributed by atoms with E-state index in [0.29, 0.717) is 15.9 Å². The van der Waals surface area contributed by atoms with Crippen LogP contribution < -0.4 is 5.43 Å². The first kappa shape index (κ1) is 15.3. The van der Waals surface area contributed by atoms with Crippen LogP contribution in [0.3, 0.4) is 0 Å². The van der Waals surface area contributed by atoms with E-state index in [-0.39, 0.29) is 12.6 Å². The van der Waals surface area contributed by atoms with E-state index in [1.165, 1.54) is 0 Å². The molecule has 0 radical (unpaired) electrons. The normalized spacial score (nSPS) is 14.9. The number of aliphatic hydroxyl groups is 1. The standard InChI is InChI=1S/C8H19IN3O3/c1-4-15-11-9-12(14)10-8(6-13)5-7(2)3/h7-8,10,13H,4-6H2,1-3H3/q-1/t8-/m0/s1. The number of nitrogens with one attached hydrogen (secondary N) is 1. The molecular formula is C8H19IN3O3-. The molecule has 7 heteroatoms. The Balaban J connectivity index is 3.84. The average Bonchev–Trinajstić information content (AvgIpc) is 2.16. The van der Waals surface area contributed by atoms with Gasteiger partial charge in [0.1, 0.15) is 21.3 Å². The number of hydrazine groups is 1. The molecule has 0 aromatic heterocycles. The minimum atomic E-state index is -1.05. The van der Waals surface area contributed by atoms with Gasteiger partial charge in [-0.1, -0.05) is 17.2 Å². The maximum absolute atomic E-state index is 11.2. The molecule has 0 saturated heterocycles. The topological polar surface area (TPSA) is 80.2 Å². The summed E-state index contributed by atoms with van der Waals surface area (Å²) in [5.41, 5.74) is 2.66. The van der Waals surface area contributed by atoms with Gasteiger partial charge in [-0.2, -0.15) is 0 Å². The molecule has 0 rings (SSSR count). The first-order chi connectivity index (χ1) is 7.10. The molecule has 1 atom stereocenters. The lowest BCUT2D eigenvalue weighted by molar-refractivity contribution is 0.170. The average molecular weight is 332 g/mol. The van der Waals surface area contributed by atoms with Crippen molar-refractivity contribution in [1.82, 2.24) is 8.81 Å². The minimum Gasteiger partial charge on any atom is -0.762 e. The molecule has 0 aliphatic heterocycles. The van der Waals surface area contributed by atoms with Gasteiger partial charge in [0.05, 0.1) is 13.2 Å². The van der Waals surface area contributed by atoms with Crippen LogP contribution in [0.2, 0.25) is 0 Å². The maximum atomic E-state index is 11.2. The summed E-state index contributed by atoms with van der Waals surface area (Å²) in [6.45, 7) is 6.32. The summed E-state index contributed by atoms with van der Waals surface area (Å²) >= 11 is -1.05. The highest BCUT2D eigenvalue weighted by atomic mass is 127. The Morgan fingerprint density at radius 3 is 2.73 bits per heavy atom. The van der Waals surface area contributed by atoms with Crippen LogP contribution >= 0.6 is 21.3 Å². The van der Waals surface area contributed by atoms with Crippen molar-refractivity contribution in [3.63, 3.8) is 0 Å². The molecular weight excluding hydrogens is 313 g/mol. The molecule has 0 amide bonds. The van der Waals surface area contributed by atoms with Crippen LogP contribution in [-0.2, 0) is 4.84 Å². The van der Waals surface area contributed by atoms with E-state index in [4.69, 9.17) is 9.94 Å². The van der Waals surface area contributed by atoms with Gasteiger partial charge in [0.15, 0.2) is 0 Å². The zero-order valence-electron chi connectivity index (χ0n) is 9.31. The number of halogens is 1. The third kappa shape index (κ3) is 9.27.